The minimum atomic E-state index is -2.14. The summed E-state index contributed by atoms with van der Waals surface area (Å²) in [5.41, 5.74) is 5.03. The highest BCUT2D eigenvalue weighted by Gasteiger charge is 2.50. The van der Waals surface area contributed by atoms with Crippen molar-refractivity contribution >= 4 is 28.6 Å². The van der Waals surface area contributed by atoms with Gasteiger partial charge in [-0.25, -0.2) is 0 Å². The summed E-state index contributed by atoms with van der Waals surface area (Å²) >= 11 is 0. The van der Waals surface area contributed by atoms with Crippen LogP contribution >= 0.6 is 0 Å². The number of hydrogen-bond acceptors (Lipinski definition) is 7. The summed E-state index contributed by atoms with van der Waals surface area (Å²) < 4.78 is 0. The number of aliphatic hydroxyl groups excluding tert-OH is 2. The molecule has 11 heteroatoms. The summed E-state index contributed by atoms with van der Waals surface area (Å²) in [6, 6.07) is 4.71. The lowest BCUT2D eigenvalue weighted by Gasteiger charge is -2.42. The van der Waals surface area contributed by atoms with Crippen molar-refractivity contribution in [3.63, 3.8) is 0 Å². The first-order valence-corrected chi connectivity index (χ1v) is 12.2. The number of nitrogens with two attached hydrogens (primary N) is 1. The van der Waals surface area contributed by atoms with Crippen LogP contribution in [0.3, 0.4) is 0 Å². The highest BCUT2D eigenvalue weighted by molar-refractivity contribution is 5.92. The van der Waals surface area contributed by atoms with Gasteiger partial charge in [-0.15, -0.1) is 0 Å². The van der Waals surface area contributed by atoms with Crippen molar-refractivity contribution in [2.75, 3.05) is 7.05 Å². The summed E-state index contributed by atoms with van der Waals surface area (Å²) in [4.78, 5) is 41.2. The van der Waals surface area contributed by atoms with Crippen molar-refractivity contribution in [2.24, 2.45) is 11.7 Å². The topological polar surface area (TPSA) is 190 Å². The number of likely N-dealkylation sites (N-methyl/N-ethyl adjacent to an activating group) is 1. The molecule has 1 fully saturated rings. The first-order valence-electron chi connectivity index (χ1n) is 12.2. The van der Waals surface area contributed by atoms with Gasteiger partial charge in [0.1, 0.15) is 17.7 Å². The smallest absolute Gasteiger partial charge is 0.252 e. The zero-order valence-corrected chi connectivity index (χ0v) is 20.8. The summed E-state index contributed by atoms with van der Waals surface area (Å²) in [7, 11) is 1.64. The molecule has 0 saturated heterocycles. The number of aliphatic hydroxyl groups is 3. The number of rotatable bonds is 10. The van der Waals surface area contributed by atoms with Crippen molar-refractivity contribution < 1.29 is 29.7 Å². The summed E-state index contributed by atoms with van der Waals surface area (Å²) in [5.74, 6) is -1.89. The molecule has 3 amide bonds. The van der Waals surface area contributed by atoms with Gasteiger partial charge < -0.3 is 42.0 Å². The molecule has 0 spiro atoms. The van der Waals surface area contributed by atoms with Gasteiger partial charge in [-0.05, 0) is 31.0 Å². The molecular weight excluding hydrogens is 466 g/mol. The molecule has 6 atom stereocenters. The lowest BCUT2D eigenvalue weighted by Crippen LogP contribution is -2.65. The number of amides is 3. The molecule has 2 aromatic rings. The normalized spacial score (nSPS) is 25.9. The summed E-state index contributed by atoms with van der Waals surface area (Å²) in [6.07, 6.45) is -1.32. The highest BCUT2D eigenvalue weighted by atomic mass is 16.3. The number of carbonyl (C=O) groups excluding carboxylic acids is 3. The number of hydrogen-bond donors (Lipinski definition) is 8. The van der Waals surface area contributed by atoms with Crippen molar-refractivity contribution in [2.45, 2.75) is 75.5 Å². The first kappa shape index (κ1) is 27.6. The number of nitrogens with one attached hydrogen (secondary N) is 4. The third-order valence-electron chi connectivity index (χ3n) is 6.78. The summed E-state index contributed by atoms with van der Waals surface area (Å²) in [6.45, 7) is 3.93. The number of H-pyrrole nitrogens is 1. The van der Waals surface area contributed by atoms with Gasteiger partial charge >= 0.3 is 0 Å². The van der Waals surface area contributed by atoms with Crippen LogP contribution in [-0.2, 0) is 20.8 Å². The van der Waals surface area contributed by atoms with Crippen LogP contribution in [0.1, 0.15) is 38.7 Å². The fraction of sp³-hybridized carbons (Fsp3) is 0.560. The predicted octanol–water partition coefficient (Wildman–Crippen LogP) is -0.954. The zero-order valence-electron chi connectivity index (χ0n) is 20.8. The number of benzene rings is 1. The van der Waals surface area contributed by atoms with Gasteiger partial charge in [-0.3, -0.25) is 14.4 Å². The molecule has 1 aliphatic carbocycles. The number of fused-ring (bicyclic) bond motifs is 1. The Morgan fingerprint density at radius 2 is 1.86 bits per heavy atom. The fourth-order valence-corrected chi connectivity index (χ4v) is 4.77. The van der Waals surface area contributed by atoms with Gasteiger partial charge in [0.15, 0.2) is 0 Å². The Morgan fingerprint density at radius 3 is 2.50 bits per heavy atom. The molecule has 198 valence electrons. The second kappa shape index (κ2) is 11.4. The second-order valence-corrected chi connectivity index (χ2v) is 10.1. The van der Waals surface area contributed by atoms with Crippen LogP contribution in [0, 0.1) is 5.92 Å². The van der Waals surface area contributed by atoms with Crippen molar-refractivity contribution in [1.82, 2.24) is 20.9 Å². The van der Waals surface area contributed by atoms with E-state index in [0.717, 1.165) is 16.5 Å². The Labute approximate surface area is 209 Å². The maximum atomic E-state index is 13.2. The van der Waals surface area contributed by atoms with E-state index >= 15 is 0 Å². The SMILES string of the molecule is CNC(CC(C)C)C(=O)NC1CC(O)(C(=O)NC(Cc2c[nH]c3ccccc23)C(N)=O)CC(O)C1O. The molecule has 0 radical (unpaired) electrons. The van der Waals surface area contributed by atoms with Gasteiger partial charge in [-0.2, -0.15) is 0 Å². The standard InChI is InChI=1S/C25H37N5O6/c1-13(2)8-18(27-3)23(34)29-19-10-25(36,11-20(31)21(19)32)24(35)30-17(22(26)33)9-14-12-28-16-7-5-4-6-15(14)16/h4-7,12-13,17-21,27-28,31-32,36H,8-11H2,1-3H3,(H2,26,33)(H,29,34)(H,30,35). The third kappa shape index (κ3) is 6.22. The molecule has 0 bridgehead atoms. The number of aromatic nitrogens is 1. The Morgan fingerprint density at radius 1 is 1.17 bits per heavy atom. The van der Waals surface area contributed by atoms with E-state index in [-0.39, 0.29) is 18.8 Å². The average Bonchev–Trinajstić information content (AvgIpc) is 3.22. The van der Waals surface area contributed by atoms with Crippen LogP contribution in [-0.4, -0.2) is 81.0 Å². The van der Waals surface area contributed by atoms with Gasteiger partial charge in [-0.1, -0.05) is 32.0 Å². The van der Waals surface area contributed by atoms with E-state index in [1.54, 1.807) is 13.2 Å². The maximum absolute atomic E-state index is 13.2. The largest absolute Gasteiger partial charge is 0.390 e. The molecule has 1 saturated carbocycles. The van der Waals surface area contributed by atoms with E-state index in [0.29, 0.717) is 6.42 Å². The van der Waals surface area contributed by atoms with E-state index in [1.165, 1.54) is 0 Å². The number of primary amides is 1. The monoisotopic (exact) mass is 503 g/mol. The lowest BCUT2D eigenvalue weighted by molar-refractivity contribution is -0.160. The van der Waals surface area contributed by atoms with Crippen LogP contribution in [0.4, 0.5) is 0 Å². The fourth-order valence-electron chi connectivity index (χ4n) is 4.77. The van der Waals surface area contributed by atoms with Crippen LogP contribution in [0.25, 0.3) is 10.9 Å². The van der Waals surface area contributed by atoms with Crippen LogP contribution in [0.2, 0.25) is 0 Å². The third-order valence-corrected chi connectivity index (χ3v) is 6.78. The number of para-hydroxylation sites is 1. The van der Waals surface area contributed by atoms with Gasteiger partial charge in [0.25, 0.3) is 5.91 Å². The predicted molar refractivity (Wildman–Crippen MR) is 134 cm³/mol. The van der Waals surface area contributed by atoms with Crippen LogP contribution < -0.4 is 21.7 Å². The van der Waals surface area contributed by atoms with Crippen LogP contribution in [0.5, 0.6) is 0 Å². The van der Waals surface area contributed by atoms with Gasteiger partial charge in [0, 0.05) is 36.4 Å². The van der Waals surface area contributed by atoms with E-state index in [4.69, 9.17) is 5.73 Å². The lowest BCUT2D eigenvalue weighted by atomic mass is 9.77. The highest BCUT2D eigenvalue weighted by Crippen LogP contribution is 2.30. The van der Waals surface area contributed by atoms with E-state index in [1.807, 2.05) is 38.1 Å². The molecule has 0 aliphatic heterocycles. The van der Waals surface area contributed by atoms with E-state index < -0.39 is 60.1 Å². The maximum Gasteiger partial charge on any atom is 0.252 e. The molecule has 9 N–H and O–H groups in total. The number of aromatic amines is 1. The molecule has 1 aliphatic rings. The number of carbonyl (C=O) groups is 3. The molecule has 36 heavy (non-hydrogen) atoms. The van der Waals surface area contributed by atoms with Crippen LogP contribution in [0.15, 0.2) is 30.5 Å². The van der Waals surface area contributed by atoms with Crippen molar-refractivity contribution in [3.8, 4) is 0 Å². The minimum absolute atomic E-state index is 0.0889. The van der Waals surface area contributed by atoms with E-state index in [9.17, 15) is 29.7 Å². The van der Waals surface area contributed by atoms with Gasteiger partial charge in [0.05, 0.1) is 18.2 Å². The molecule has 1 aromatic carbocycles. The Kier molecular flexibility index (Phi) is 8.72. The Hall–Kier alpha value is -2.99. The Balaban J connectivity index is 1.73. The zero-order chi connectivity index (χ0) is 26.6. The molecule has 11 nitrogen and oxygen atoms in total. The molecular formula is C25H37N5O6. The first-order chi connectivity index (χ1) is 16.9. The molecule has 6 unspecified atom stereocenters. The summed E-state index contributed by atoms with van der Waals surface area (Å²) in [5, 5.41) is 41.0. The van der Waals surface area contributed by atoms with Crippen molar-refractivity contribution in [1.29, 1.82) is 0 Å². The van der Waals surface area contributed by atoms with Crippen molar-refractivity contribution in [3.05, 3.63) is 36.0 Å². The van der Waals surface area contributed by atoms with Gasteiger partial charge in [0.2, 0.25) is 11.8 Å². The minimum Gasteiger partial charge on any atom is -0.390 e. The quantitative estimate of drug-likeness (QED) is 0.205. The molecule has 1 aromatic heterocycles. The molecule has 3 rings (SSSR count). The Bertz CT molecular complexity index is 1090. The molecule has 1 heterocycles. The average molecular weight is 504 g/mol. The van der Waals surface area contributed by atoms with E-state index in [2.05, 4.69) is 20.9 Å². The second-order valence-electron chi connectivity index (χ2n) is 10.1.